The summed E-state index contributed by atoms with van der Waals surface area (Å²) in [5.74, 6) is -0.366. The Morgan fingerprint density at radius 1 is 1.04 bits per heavy atom. The van der Waals surface area contributed by atoms with Crippen LogP contribution in [-0.2, 0) is 13.2 Å². The van der Waals surface area contributed by atoms with Gasteiger partial charge in [0.1, 0.15) is 5.82 Å². The van der Waals surface area contributed by atoms with Crippen molar-refractivity contribution in [2.75, 3.05) is 0 Å². The third-order valence-electron chi connectivity index (χ3n) is 3.41. The number of benzene rings is 2. The largest absolute Gasteiger partial charge is 0.417 e. The Hall–Kier alpha value is -2.41. The average molecular weight is 356 g/mol. The summed E-state index contributed by atoms with van der Waals surface area (Å²) >= 11 is 5.97. The zero-order valence-corrected chi connectivity index (χ0v) is 13.0. The number of hydrogen-bond donors (Lipinski definition) is 0. The molecule has 124 valence electrons. The third kappa shape index (κ3) is 2.99. The van der Waals surface area contributed by atoms with E-state index in [1.54, 1.807) is 0 Å². The Kier molecular flexibility index (Phi) is 4.04. The molecule has 2 aromatic carbocycles. The molecule has 3 aromatic rings. The van der Waals surface area contributed by atoms with Gasteiger partial charge >= 0.3 is 6.18 Å². The molecule has 0 saturated heterocycles. The van der Waals surface area contributed by atoms with Crippen LogP contribution in [-0.4, -0.2) is 14.8 Å². The van der Waals surface area contributed by atoms with Gasteiger partial charge in [0.15, 0.2) is 11.6 Å². The highest BCUT2D eigenvalue weighted by atomic mass is 35.5. The van der Waals surface area contributed by atoms with Gasteiger partial charge in [-0.3, -0.25) is 0 Å². The van der Waals surface area contributed by atoms with Crippen LogP contribution in [0.4, 0.5) is 17.6 Å². The van der Waals surface area contributed by atoms with Crippen LogP contribution in [0.25, 0.3) is 22.8 Å². The smallest absolute Gasteiger partial charge is 0.248 e. The van der Waals surface area contributed by atoms with E-state index in [0.717, 1.165) is 12.1 Å². The van der Waals surface area contributed by atoms with Crippen LogP contribution in [0.2, 0.25) is 5.02 Å². The summed E-state index contributed by atoms with van der Waals surface area (Å²) in [5, 5.41) is 4.18. The minimum absolute atomic E-state index is 0.0401. The topological polar surface area (TPSA) is 30.7 Å². The number of rotatable bonds is 2. The minimum atomic E-state index is -4.52. The third-order valence-corrected chi connectivity index (χ3v) is 3.72. The highest BCUT2D eigenvalue weighted by Gasteiger charge is 2.34. The number of alkyl halides is 3. The van der Waals surface area contributed by atoms with Crippen molar-refractivity contribution >= 4 is 11.6 Å². The number of hydrogen-bond acceptors (Lipinski definition) is 2. The maximum absolute atomic E-state index is 13.2. The second-order valence-corrected chi connectivity index (χ2v) is 5.46. The van der Waals surface area contributed by atoms with Gasteiger partial charge in [0.2, 0.25) is 0 Å². The van der Waals surface area contributed by atoms with Crippen molar-refractivity contribution in [1.29, 1.82) is 0 Å². The first kappa shape index (κ1) is 16.4. The molecule has 0 bridgehead atoms. The van der Waals surface area contributed by atoms with Crippen molar-refractivity contribution in [2.24, 2.45) is 7.05 Å². The molecule has 0 saturated carbocycles. The van der Waals surface area contributed by atoms with E-state index in [1.165, 1.54) is 42.1 Å². The molecular formula is C16H10ClF4N3. The van der Waals surface area contributed by atoms with Crippen molar-refractivity contribution in [3.05, 3.63) is 58.9 Å². The highest BCUT2D eigenvalue weighted by Crippen LogP contribution is 2.37. The number of aromatic nitrogens is 3. The molecule has 8 heteroatoms. The van der Waals surface area contributed by atoms with Crippen LogP contribution in [0.1, 0.15) is 5.56 Å². The van der Waals surface area contributed by atoms with E-state index in [0.29, 0.717) is 5.56 Å². The average Bonchev–Trinajstić information content (AvgIpc) is 2.88. The van der Waals surface area contributed by atoms with Gasteiger partial charge in [-0.15, -0.1) is 0 Å². The summed E-state index contributed by atoms with van der Waals surface area (Å²) in [6, 6.07) is 8.76. The summed E-state index contributed by atoms with van der Waals surface area (Å²) in [5.41, 5.74) is -0.564. The normalized spacial score (nSPS) is 11.8. The molecule has 3 nitrogen and oxygen atoms in total. The SMILES string of the molecule is Cn1nc(-c2ccc(F)cc2Cl)nc1-c1ccccc1C(F)(F)F. The quantitative estimate of drug-likeness (QED) is 0.608. The van der Waals surface area contributed by atoms with Crippen LogP contribution in [0.15, 0.2) is 42.5 Å². The summed E-state index contributed by atoms with van der Waals surface area (Å²) in [7, 11) is 1.48. The summed E-state index contributed by atoms with van der Waals surface area (Å²) in [6.07, 6.45) is -4.52. The van der Waals surface area contributed by atoms with Crippen LogP contribution >= 0.6 is 11.6 Å². The van der Waals surface area contributed by atoms with Crippen LogP contribution < -0.4 is 0 Å². The molecular weight excluding hydrogens is 346 g/mol. The van der Waals surface area contributed by atoms with E-state index < -0.39 is 17.6 Å². The Labute approximate surface area is 139 Å². The molecule has 1 aromatic heterocycles. The van der Waals surface area contributed by atoms with E-state index in [4.69, 9.17) is 11.6 Å². The van der Waals surface area contributed by atoms with Crippen LogP contribution in [0.3, 0.4) is 0 Å². The molecule has 0 aliphatic heterocycles. The number of halogens is 5. The predicted octanol–water partition coefficient (Wildman–Crippen LogP) is 4.96. The maximum Gasteiger partial charge on any atom is 0.417 e. The second kappa shape index (κ2) is 5.90. The summed E-state index contributed by atoms with van der Waals surface area (Å²) in [4.78, 5) is 4.16. The van der Waals surface area contributed by atoms with E-state index in [1.807, 2.05) is 0 Å². The van der Waals surface area contributed by atoms with Crippen LogP contribution in [0.5, 0.6) is 0 Å². The van der Waals surface area contributed by atoms with Crippen molar-refractivity contribution in [1.82, 2.24) is 14.8 Å². The molecule has 0 atom stereocenters. The molecule has 1 heterocycles. The lowest BCUT2D eigenvalue weighted by molar-refractivity contribution is -0.137. The van der Waals surface area contributed by atoms with Gasteiger partial charge in [0, 0.05) is 18.2 Å². The number of nitrogens with zero attached hydrogens (tertiary/aromatic N) is 3. The van der Waals surface area contributed by atoms with E-state index in [2.05, 4.69) is 10.1 Å². The Balaban J connectivity index is 2.15. The maximum atomic E-state index is 13.2. The van der Waals surface area contributed by atoms with E-state index >= 15 is 0 Å². The molecule has 0 unspecified atom stereocenters. The molecule has 0 N–H and O–H groups in total. The zero-order chi connectivity index (χ0) is 17.5. The van der Waals surface area contributed by atoms with Gasteiger partial charge in [-0.2, -0.15) is 18.3 Å². The monoisotopic (exact) mass is 355 g/mol. The predicted molar refractivity (Wildman–Crippen MR) is 81.8 cm³/mol. The summed E-state index contributed by atoms with van der Waals surface area (Å²) < 4.78 is 53.9. The molecule has 0 amide bonds. The lowest BCUT2D eigenvalue weighted by Gasteiger charge is -2.11. The van der Waals surface area contributed by atoms with Gasteiger partial charge in [-0.25, -0.2) is 14.1 Å². The van der Waals surface area contributed by atoms with Gasteiger partial charge in [0.25, 0.3) is 0 Å². The van der Waals surface area contributed by atoms with Gasteiger partial charge in [-0.05, 0) is 24.3 Å². The lowest BCUT2D eigenvalue weighted by Crippen LogP contribution is -2.08. The zero-order valence-electron chi connectivity index (χ0n) is 12.3. The molecule has 0 aliphatic rings. The van der Waals surface area contributed by atoms with Crippen molar-refractivity contribution in [3.8, 4) is 22.8 Å². The molecule has 3 rings (SSSR count). The van der Waals surface area contributed by atoms with Gasteiger partial charge in [-0.1, -0.05) is 29.8 Å². The standard InChI is InChI=1S/C16H10ClF4N3/c1-24-15(10-4-2-3-5-12(10)16(19,20)21)22-14(23-24)11-7-6-9(18)8-13(11)17/h2-8H,1H3. The van der Waals surface area contributed by atoms with E-state index in [-0.39, 0.29) is 22.2 Å². The van der Waals surface area contributed by atoms with E-state index in [9.17, 15) is 17.6 Å². The minimum Gasteiger partial charge on any atom is -0.248 e. The molecule has 0 spiro atoms. The fourth-order valence-electron chi connectivity index (χ4n) is 2.33. The van der Waals surface area contributed by atoms with Gasteiger partial charge in [0.05, 0.1) is 10.6 Å². The Bertz CT molecular complexity index is 903. The second-order valence-electron chi connectivity index (χ2n) is 5.05. The Morgan fingerprint density at radius 3 is 2.42 bits per heavy atom. The molecule has 0 aliphatic carbocycles. The number of aryl methyl sites for hydroxylation is 1. The molecule has 0 fully saturated rings. The highest BCUT2D eigenvalue weighted by molar-refractivity contribution is 6.33. The molecule has 0 radical (unpaired) electrons. The Morgan fingerprint density at radius 2 is 1.75 bits per heavy atom. The van der Waals surface area contributed by atoms with Crippen molar-refractivity contribution < 1.29 is 17.6 Å². The van der Waals surface area contributed by atoms with Crippen molar-refractivity contribution in [3.63, 3.8) is 0 Å². The lowest BCUT2D eigenvalue weighted by atomic mass is 10.1. The van der Waals surface area contributed by atoms with Crippen LogP contribution in [0, 0.1) is 5.82 Å². The molecule has 24 heavy (non-hydrogen) atoms. The first-order valence-corrected chi connectivity index (χ1v) is 7.18. The fraction of sp³-hybridized carbons (Fsp3) is 0.125. The first-order valence-electron chi connectivity index (χ1n) is 6.80. The van der Waals surface area contributed by atoms with Crippen molar-refractivity contribution in [2.45, 2.75) is 6.18 Å². The fourth-order valence-corrected chi connectivity index (χ4v) is 2.58. The van der Waals surface area contributed by atoms with Gasteiger partial charge < -0.3 is 0 Å². The first-order chi connectivity index (χ1) is 11.3. The summed E-state index contributed by atoms with van der Waals surface area (Å²) in [6.45, 7) is 0.